The molecule has 1 amide bonds. The third kappa shape index (κ3) is 4.31. The molecule has 0 unspecified atom stereocenters. The fraction of sp³-hybridized carbons (Fsp3) is 0.714. The van der Waals surface area contributed by atoms with Crippen molar-refractivity contribution in [2.75, 3.05) is 39.0 Å². The van der Waals surface area contributed by atoms with Gasteiger partial charge >= 0.3 is 0 Å². The third-order valence-electron chi connectivity index (χ3n) is 3.88. The summed E-state index contributed by atoms with van der Waals surface area (Å²) in [5.74, 6) is 0.0429. The van der Waals surface area contributed by atoms with Gasteiger partial charge in [0.1, 0.15) is 0 Å². The lowest BCUT2D eigenvalue weighted by Gasteiger charge is -2.23. The van der Waals surface area contributed by atoms with Crippen LogP contribution in [0.4, 0.5) is 5.69 Å². The van der Waals surface area contributed by atoms with Gasteiger partial charge in [-0.25, -0.2) is 0 Å². The van der Waals surface area contributed by atoms with E-state index in [4.69, 9.17) is 0 Å². The molecule has 1 aliphatic rings. The minimum atomic E-state index is 0.0429. The molecule has 0 radical (unpaired) electrons. The smallest absolute Gasteiger partial charge is 0.238 e. The molecule has 0 aliphatic carbocycles. The third-order valence-corrected chi connectivity index (χ3v) is 3.88. The van der Waals surface area contributed by atoms with E-state index < -0.39 is 0 Å². The molecule has 0 bridgehead atoms. The second-order valence-corrected chi connectivity index (χ2v) is 5.78. The molecule has 1 atom stereocenters. The largest absolute Gasteiger partial charge is 0.322 e. The molecule has 6 nitrogen and oxygen atoms in total. The van der Waals surface area contributed by atoms with Gasteiger partial charge in [0.15, 0.2) is 0 Å². The Balaban J connectivity index is 1.79. The Bertz CT molecular complexity index is 443. The summed E-state index contributed by atoms with van der Waals surface area (Å²) in [6, 6.07) is 0.640. The minimum Gasteiger partial charge on any atom is -0.322 e. The van der Waals surface area contributed by atoms with Crippen molar-refractivity contribution in [2.45, 2.75) is 25.3 Å². The summed E-state index contributed by atoms with van der Waals surface area (Å²) in [6.45, 7) is 2.46. The van der Waals surface area contributed by atoms with Crippen LogP contribution in [-0.2, 0) is 11.8 Å². The summed E-state index contributed by atoms with van der Waals surface area (Å²) in [4.78, 5) is 16.6. The van der Waals surface area contributed by atoms with Gasteiger partial charge in [-0.15, -0.1) is 0 Å². The van der Waals surface area contributed by atoms with E-state index >= 15 is 0 Å². The molecule has 1 saturated heterocycles. The van der Waals surface area contributed by atoms with Crippen molar-refractivity contribution in [3.63, 3.8) is 0 Å². The Morgan fingerprint density at radius 1 is 1.45 bits per heavy atom. The quantitative estimate of drug-likeness (QED) is 0.885. The SMILES string of the molecule is CN(C)[C@H]1CCCN(CC(=O)Nc2cnn(C)c2)CC1. The molecule has 1 aliphatic heterocycles. The van der Waals surface area contributed by atoms with Gasteiger partial charge in [-0.05, 0) is 39.9 Å². The van der Waals surface area contributed by atoms with Crippen molar-refractivity contribution < 1.29 is 4.79 Å². The second kappa shape index (κ2) is 6.85. The zero-order valence-electron chi connectivity index (χ0n) is 12.7. The van der Waals surface area contributed by atoms with Gasteiger partial charge in [-0.1, -0.05) is 0 Å². The summed E-state index contributed by atoms with van der Waals surface area (Å²) in [5.41, 5.74) is 0.762. The van der Waals surface area contributed by atoms with Crippen LogP contribution in [0.3, 0.4) is 0 Å². The lowest BCUT2D eigenvalue weighted by Crippen LogP contribution is -2.35. The molecule has 1 aromatic rings. The first-order valence-corrected chi connectivity index (χ1v) is 7.22. The number of amides is 1. The highest BCUT2D eigenvalue weighted by Gasteiger charge is 2.19. The van der Waals surface area contributed by atoms with Crippen LogP contribution >= 0.6 is 0 Å². The van der Waals surface area contributed by atoms with E-state index in [0.29, 0.717) is 12.6 Å². The Morgan fingerprint density at radius 2 is 2.25 bits per heavy atom. The summed E-state index contributed by atoms with van der Waals surface area (Å²) in [7, 11) is 6.11. The van der Waals surface area contributed by atoms with Crippen molar-refractivity contribution in [2.24, 2.45) is 7.05 Å². The molecule has 112 valence electrons. The molecule has 20 heavy (non-hydrogen) atoms. The normalized spacial score (nSPS) is 20.9. The Hall–Kier alpha value is -1.40. The van der Waals surface area contributed by atoms with Gasteiger partial charge < -0.3 is 10.2 Å². The molecule has 1 aromatic heterocycles. The molecule has 2 rings (SSSR count). The maximum Gasteiger partial charge on any atom is 0.238 e. The Labute approximate surface area is 120 Å². The van der Waals surface area contributed by atoms with E-state index in [1.54, 1.807) is 10.9 Å². The highest BCUT2D eigenvalue weighted by molar-refractivity contribution is 5.91. The predicted octanol–water partition coefficient (Wildman–Crippen LogP) is 0.775. The van der Waals surface area contributed by atoms with Gasteiger partial charge in [0.2, 0.25) is 5.91 Å². The number of hydrogen-bond donors (Lipinski definition) is 1. The topological polar surface area (TPSA) is 53.4 Å². The summed E-state index contributed by atoms with van der Waals surface area (Å²) < 4.78 is 1.68. The van der Waals surface area contributed by atoms with Crippen molar-refractivity contribution in [3.8, 4) is 0 Å². The average Bonchev–Trinajstić information content (AvgIpc) is 2.63. The average molecular weight is 279 g/mol. The number of aryl methyl sites for hydroxylation is 1. The minimum absolute atomic E-state index is 0.0429. The molecule has 0 saturated carbocycles. The van der Waals surface area contributed by atoms with Crippen LogP contribution in [-0.4, -0.2) is 65.3 Å². The van der Waals surface area contributed by atoms with Crippen LogP contribution < -0.4 is 5.32 Å². The lowest BCUT2D eigenvalue weighted by molar-refractivity contribution is -0.117. The number of likely N-dealkylation sites (tertiary alicyclic amines) is 1. The van der Waals surface area contributed by atoms with Crippen molar-refractivity contribution in [1.29, 1.82) is 0 Å². The first kappa shape index (κ1) is 15.0. The van der Waals surface area contributed by atoms with E-state index in [0.717, 1.165) is 31.6 Å². The number of nitrogens with zero attached hydrogens (tertiary/aromatic N) is 4. The van der Waals surface area contributed by atoms with Crippen LogP contribution in [0.1, 0.15) is 19.3 Å². The van der Waals surface area contributed by atoms with Gasteiger partial charge in [-0.2, -0.15) is 5.10 Å². The van der Waals surface area contributed by atoms with E-state index in [2.05, 4.69) is 34.3 Å². The Kier molecular flexibility index (Phi) is 5.14. The monoisotopic (exact) mass is 279 g/mol. The highest BCUT2D eigenvalue weighted by Crippen LogP contribution is 2.14. The molecule has 1 N–H and O–H groups in total. The molecule has 0 spiro atoms. The Morgan fingerprint density at radius 3 is 2.90 bits per heavy atom. The highest BCUT2D eigenvalue weighted by atomic mass is 16.2. The second-order valence-electron chi connectivity index (χ2n) is 5.78. The number of rotatable bonds is 4. The van der Waals surface area contributed by atoms with Crippen LogP contribution in [0.2, 0.25) is 0 Å². The van der Waals surface area contributed by atoms with Gasteiger partial charge in [-0.3, -0.25) is 14.4 Å². The van der Waals surface area contributed by atoms with E-state index in [-0.39, 0.29) is 5.91 Å². The maximum absolute atomic E-state index is 12.0. The fourth-order valence-corrected chi connectivity index (χ4v) is 2.70. The van der Waals surface area contributed by atoms with Crippen molar-refractivity contribution >= 4 is 11.6 Å². The predicted molar refractivity (Wildman–Crippen MR) is 79.6 cm³/mol. The lowest BCUT2D eigenvalue weighted by atomic mass is 10.1. The summed E-state index contributed by atoms with van der Waals surface area (Å²) in [5, 5.41) is 6.93. The van der Waals surface area contributed by atoms with Crippen molar-refractivity contribution in [1.82, 2.24) is 19.6 Å². The van der Waals surface area contributed by atoms with Gasteiger partial charge in [0.05, 0.1) is 18.4 Å². The number of hydrogen-bond acceptors (Lipinski definition) is 4. The van der Waals surface area contributed by atoms with Crippen LogP contribution in [0.15, 0.2) is 12.4 Å². The summed E-state index contributed by atoms with van der Waals surface area (Å²) in [6.07, 6.45) is 6.98. The van der Waals surface area contributed by atoms with Gasteiger partial charge in [0.25, 0.3) is 0 Å². The fourth-order valence-electron chi connectivity index (χ4n) is 2.70. The molecule has 0 aromatic carbocycles. The zero-order chi connectivity index (χ0) is 14.5. The van der Waals surface area contributed by atoms with Gasteiger partial charge in [0, 0.05) is 25.8 Å². The van der Waals surface area contributed by atoms with E-state index in [9.17, 15) is 4.79 Å². The number of nitrogens with one attached hydrogen (secondary N) is 1. The van der Waals surface area contributed by atoms with Crippen LogP contribution in [0.25, 0.3) is 0 Å². The molecule has 2 heterocycles. The number of aromatic nitrogens is 2. The molecular weight excluding hydrogens is 254 g/mol. The van der Waals surface area contributed by atoms with Crippen LogP contribution in [0, 0.1) is 0 Å². The maximum atomic E-state index is 12.0. The van der Waals surface area contributed by atoms with E-state index in [1.165, 1.54) is 6.42 Å². The first-order chi connectivity index (χ1) is 9.54. The van der Waals surface area contributed by atoms with Crippen LogP contribution in [0.5, 0.6) is 0 Å². The number of anilines is 1. The summed E-state index contributed by atoms with van der Waals surface area (Å²) >= 11 is 0. The molecule has 6 heteroatoms. The standard InChI is InChI=1S/C14H25N5O/c1-17(2)13-5-4-7-19(8-6-13)11-14(20)16-12-9-15-18(3)10-12/h9-10,13H,4-8,11H2,1-3H3,(H,16,20)/t13-/m0/s1. The molecular formula is C14H25N5O. The zero-order valence-corrected chi connectivity index (χ0v) is 12.7. The first-order valence-electron chi connectivity index (χ1n) is 7.22. The molecule has 1 fully saturated rings. The van der Waals surface area contributed by atoms with E-state index in [1.807, 2.05) is 13.2 Å². The van der Waals surface area contributed by atoms with Crippen molar-refractivity contribution in [3.05, 3.63) is 12.4 Å². The number of carbonyl (C=O) groups is 1. The number of carbonyl (C=O) groups excluding carboxylic acids is 1.